The highest BCUT2D eigenvalue weighted by molar-refractivity contribution is 5.89. The van der Waals surface area contributed by atoms with Crippen molar-refractivity contribution in [2.24, 2.45) is 46.3 Å². The van der Waals surface area contributed by atoms with E-state index in [-0.39, 0.29) is 11.3 Å². The fourth-order valence-electron chi connectivity index (χ4n) is 7.75. The van der Waals surface area contributed by atoms with Crippen LogP contribution >= 0.6 is 0 Å². The molecule has 0 aromatic heterocycles. The van der Waals surface area contributed by atoms with E-state index in [0.717, 1.165) is 41.9 Å². The summed E-state index contributed by atoms with van der Waals surface area (Å²) >= 11 is 0. The van der Waals surface area contributed by atoms with Crippen molar-refractivity contribution in [2.45, 2.75) is 79.2 Å². The Kier molecular flexibility index (Phi) is 4.13. The van der Waals surface area contributed by atoms with Crippen LogP contribution in [0.4, 0.5) is 0 Å². The first kappa shape index (κ1) is 17.6. The van der Waals surface area contributed by atoms with Crippen LogP contribution in [0.25, 0.3) is 0 Å². The van der Waals surface area contributed by atoms with Crippen LogP contribution < -0.4 is 5.32 Å². The van der Waals surface area contributed by atoms with Crippen LogP contribution in [0.3, 0.4) is 0 Å². The standard InChI is InChI=1S/C23H37NO/c1-14(2)12-16-6-7-17-21-15(3)13-19-23(5,11-9-20(25)24-19)18(21)8-10-22(16,17)4/h9,11,14-19,21H,6-8,10,12-13H2,1-5H3,(H,24,25)/t15-,16+,17-,18-,19+,21-,22+,23+/m0/s1. The molecule has 0 bridgehead atoms. The van der Waals surface area contributed by atoms with E-state index in [9.17, 15) is 4.79 Å². The molecule has 0 spiro atoms. The molecular formula is C23H37NO. The van der Waals surface area contributed by atoms with Gasteiger partial charge in [-0.1, -0.05) is 40.7 Å². The molecule has 4 rings (SSSR count). The van der Waals surface area contributed by atoms with Crippen LogP contribution in [0, 0.1) is 46.3 Å². The van der Waals surface area contributed by atoms with Gasteiger partial charge in [-0.05, 0) is 85.5 Å². The molecule has 2 nitrogen and oxygen atoms in total. The van der Waals surface area contributed by atoms with Crippen molar-refractivity contribution in [3.8, 4) is 0 Å². The molecule has 0 aromatic carbocycles. The maximum absolute atomic E-state index is 11.9. The fraction of sp³-hybridized carbons (Fsp3) is 0.870. The number of carbonyl (C=O) groups is 1. The third-order valence-corrected chi connectivity index (χ3v) is 9.01. The van der Waals surface area contributed by atoms with Gasteiger partial charge in [0.05, 0.1) is 0 Å². The number of nitrogens with one attached hydrogen (secondary N) is 1. The zero-order valence-electron chi connectivity index (χ0n) is 16.8. The maximum atomic E-state index is 11.9. The minimum Gasteiger partial charge on any atom is -0.349 e. The summed E-state index contributed by atoms with van der Waals surface area (Å²) in [6.45, 7) is 12.3. The lowest BCUT2D eigenvalue weighted by molar-refractivity contribution is -0.125. The van der Waals surface area contributed by atoms with E-state index in [2.05, 4.69) is 46.0 Å². The van der Waals surface area contributed by atoms with E-state index >= 15 is 0 Å². The number of carbonyl (C=O) groups excluding carboxylic acids is 1. The van der Waals surface area contributed by atoms with E-state index < -0.39 is 0 Å². The van der Waals surface area contributed by atoms with Gasteiger partial charge in [-0.25, -0.2) is 0 Å². The molecule has 1 aliphatic heterocycles. The number of hydrogen-bond acceptors (Lipinski definition) is 1. The summed E-state index contributed by atoms with van der Waals surface area (Å²) in [5, 5.41) is 3.30. The number of fused-ring (bicyclic) bond motifs is 5. The first-order valence-corrected chi connectivity index (χ1v) is 10.8. The molecule has 8 atom stereocenters. The van der Waals surface area contributed by atoms with Crippen molar-refractivity contribution in [3.05, 3.63) is 12.2 Å². The Hall–Kier alpha value is -0.790. The zero-order valence-corrected chi connectivity index (χ0v) is 16.8. The van der Waals surface area contributed by atoms with Gasteiger partial charge in [0.15, 0.2) is 0 Å². The highest BCUT2D eigenvalue weighted by atomic mass is 16.1. The molecular weight excluding hydrogens is 306 g/mol. The van der Waals surface area contributed by atoms with Crippen LogP contribution in [0.5, 0.6) is 0 Å². The van der Waals surface area contributed by atoms with Crippen LogP contribution in [0.1, 0.15) is 73.1 Å². The SMILES string of the molecule is CC(C)C[C@H]1CC[C@H]2[C@@H]3[C@@H](C)C[C@H]4NC(=O)C=C[C@]4(C)[C@H]3CC[C@]12C. The summed E-state index contributed by atoms with van der Waals surface area (Å²) in [6, 6.07) is 0.346. The van der Waals surface area contributed by atoms with Gasteiger partial charge in [-0.2, -0.15) is 0 Å². The number of rotatable bonds is 2. The Morgan fingerprint density at radius 3 is 2.68 bits per heavy atom. The average molecular weight is 344 g/mol. The van der Waals surface area contributed by atoms with Gasteiger partial charge in [0, 0.05) is 11.5 Å². The second kappa shape index (κ2) is 5.86. The van der Waals surface area contributed by atoms with E-state index in [4.69, 9.17) is 0 Å². The summed E-state index contributed by atoms with van der Waals surface area (Å²) in [4.78, 5) is 11.9. The lowest BCUT2D eigenvalue weighted by Crippen LogP contribution is -2.61. The molecule has 2 heteroatoms. The second-order valence-corrected chi connectivity index (χ2v) is 10.7. The van der Waals surface area contributed by atoms with Gasteiger partial charge < -0.3 is 5.32 Å². The lowest BCUT2D eigenvalue weighted by Gasteiger charge is -2.61. The highest BCUT2D eigenvalue weighted by Gasteiger charge is 2.61. The Balaban J connectivity index is 1.65. The predicted octanol–water partition coefficient (Wildman–Crippen LogP) is 5.19. The van der Waals surface area contributed by atoms with Gasteiger partial charge >= 0.3 is 0 Å². The minimum atomic E-state index is 0.117. The summed E-state index contributed by atoms with van der Waals surface area (Å²) in [5.41, 5.74) is 0.729. The third kappa shape index (κ3) is 2.53. The van der Waals surface area contributed by atoms with Crippen LogP contribution in [-0.2, 0) is 4.79 Å². The van der Waals surface area contributed by atoms with E-state index in [1.54, 1.807) is 0 Å². The molecule has 1 heterocycles. The third-order valence-electron chi connectivity index (χ3n) is 9.01. The normalized spacial score (nSPS) is 51.7. The highest BCUT2D eigenvalue weighted by Crippen LogP contribution is 2.66. The summed E-state index contributed by atoms with van der Waals surface area (Å²) < 4.78 is 0. The quantitative estimate of drug-likeness (QED) is 0.734. The Morgan fingerprint density at radius 2 is 1.96 bits per heavy atom. The largest absolute Gasteiger partial charge is 0.349 e. The van der Waals surface area contributed by atoms with Crippen molar-refractivity contribution in [2.75, 3.05) is 0 Å². The molecule has 1 N–H and O–H groups in total. The molecule has 3 saturated carbocycles. The van der Waals surface area contributed by atoms with E-state index in [1.165, 1.54) is 32.1 Å². The predicted molar refractivity (Wildman–Crippen MR) is 103 cm³/mol. The molecule has 1 amide bonds. The molecule has 25 heavy (non-hydrogen) atoms. The van der Waals surface area contributed by atoms with Crippen molar-refractivity contribution in [1.82, 2.24) is 5.32 Å². The smallest absolute Gasteiger partial charge is 0.243 e. The minimum absolute atomic E-state index is 0.117. The zero-order chi connectivity index (χ0) is 18.0. The summed E-state index contributed by atoms with van der Waals surface area (Å²) in [6.07, 6.45) is 12.3. The van der Waals surface area contributed by atoms with Crippen molar-refractivity contribution in [3.63, 3.8) is 0 Å². The first-order valence-electron chi connectivity index (χ1n) is 10.8. The van der Waals surface area contributed by atoms with E-state index in [0.29, 0.717) is 11.5 Å². The van der Waals surface area contributed by atoms with Crippen molar-refractivity contribution < 1.29 is 4.79 Å². The van der Waals surface area contributed by atoms with Gasteiger partial charge in [0.1, 0.15) is 0 Å². The fourth-order valence-corrected chi connectivity index (χ4v) is 7.75. The van der Waals surface area contributed by atoms with Gasteiger partial charge in [0.2, 0.25) is 5.91 Å². The molecule has 4 aliphatic rings. The Bertz CT molecular complexity index is 581. The Morgan fingerprint density at radius 1 is 1.20 bits per heavy atom. The molecule has 0 aromatic rings. The average Bonchev–Trinajstić information content (AvgIpc) is 2.85. The van der Waals surface area contributed by atoms with Crippen LogP contribution in [-0.4, -0.2) is 11.9 Å². The Labute approximate surface area is 154 Å². The molecule has 3 aliphatic carbocycles. The summed E-state index contributed by atoms with van der Waals surface area (Å²) in [5.74, 6) is 5.08. The van der Waals surface area contributed by atoms with Gasteiger partial charge in [-0.15, -0.1) is 0 Å². The van der Waals surface area contributed by atoms with Crippen LogP contribution in [0.2, 0.25) is 0 Å². The molecule has 0 radical (unpaired) electrons. The second-order valence-electron chi connectivity index (χ2n) is 10.7. The molecule has 0 unspecified atom stereocenters. The maximum Gasteiger partial charge on any atom is 0.243 e. The van der Waals surface area contributed by atoms with Crippen molar-refractivity contribution >= 4 is 5.91 Å². The van der Waals surface area contributed by atoms with Gasteiger partial charge in [0.25, 0.3) is 0 Å². The topological polar surface area (TPSA) is 29.1 Å². The summed E-state index contributed by atoms with van der Waals surface area (Å²) in [7, 11) is 0. The first-order chi connectivity index (χ1) is 11.8. The molecule has 0 saturated heterocycles. The number of hydrogen-bond donors (Lipinski definition) is 1. The van der Waals surface area contributed by atoms with Gasteiger partial charge in [-0.3, -0.25) is 4.79 Å². The number of amides is 1. The van der Waals surface area contributed by atoms with E-state index in [1.807, 2.05) is 6.08 Å². The van der Waals surface area contributed by atoms with Crippen LogP contribution in [0.15, 0.2) is 12.2 Å². The lowest BCUT2D eigenvalue weighted by atomic mass is 9.45. The molecule has 140 valence electrons. The monoisotopic (exact) mass is 343 g/mol. The van der Waals surface area contributed by atoms with Crippen molar-refractivity contribution in [1.29, 1.82) is 0 Å². The molecule has 3 fully saturated rings.